The van der Waals surface area contributed by atoms with Crippen LogP contribution in [-0.4, -0.2) is 12.5 Å². The summed E-state index contributed by atoms with van der Waals surface area (Å²) < 4.78 is 26.2. The summed E-state index contributed by atoms with van der Waals surface area (Å²) >= 11 is 1.23. The van der Waals surface area contributed by atoms with E-state index in [0.717, 1.165) is 17.0 Å². The van der Waals surface area contributed by atoms with Crippen molar-refractivity contribution in [2.24, 2.45) is 5.73 Å². The van der Waals surface area contributed by atoms with E-state index in [1.807, 2.05) is 0 Å². The standard InChI is InChI=1S/C15H12F2N2OS/c16-11-4-3-10(13(17)8-11)9-19-15(20)14-6-5-12(21-14)2-1-7-18/h3-6,8H,7,9,18H2,(H,19,20). The topological polar surface area (TPSA) is 55.1 Å². The number of nitrogens with one attached hydrogen (secondary N) is 1. The Balaban J connectivity index is 2.00. The fourth-order valence-electron chi connectivity index (χ4n) is 1.59. The van der Waals surface area contributed by atoms with Gasteiger partial charge in [0.2, 0.25) is 0 Å². The number of hydrogen-bond donors (Lipinski definition) is 2. The van der Waals surface area contributed by atoms with Crippen LogP contribution in [0.1, 0.15) is 20.1 Å². The first-order chi connectivity index (χ1) is 10.1. The highest BCUT2D eigenvalue weighted by Gasteiger charge is 2.10. The van der Waals surface area contributed by atoms with Gasteiger partial charge in [0, 0.05) is 18.2 Å². The molecule has 0 aliphatic rings. The van der Waals surface area contributed by atoms with Gasteiger partial charge in [0.15, 0.2) is 0 Å². The normalized spacial score (nSPS) is 9.86. The van der Waals surface area contributed by atoms with Gasteiger partial charge in [-0.2, -0.15) is 0 Å². The first kappa shape index (κ1) is 15.2. The van der Waals surface area contributed by atoms with Crippen LogP contribution < -0.4 is 11.1 Å². The van der Waals surface area contributed by atoms with Gasteiger partial charge in [-0.1, -0.05) is 17.9 Å². The fraction of sp³-hybridized carbons (Fsp3) is 0.133. The molecular weight excluding hydrogens is 294 g/mol. The predicted octanol–water partition coefficient (Wildman–Crippen LogP) is 2.27. The van der Waals surface area contributed by atoms with Gasteiger partial charge in [0.1, 0.15) is 11.6 Å². The highest BCUT2D eigenvalue weighted by Crippen LogP contribution is 2.16. The molecule has 0 saturated carbocycles. The van der Waals surface area contributed by atoms with Crippen molar-refractivity contribution in [2.75, 3.05) is 6.54 Å². The maximum Gasteiger partial charge on any atom is 0.261 e. The Morgan fingerprint density at radius 2 is 2.10 bits per heavy atom. The molecule has 2 aromatic rings. The number of amides is 1. The molecule has 1 aromatic heterocycles. The average Bonchev–Trinajstić information content (AvgIpc) is 2.93. The summed E-state index contributed by atoms with van der Waals surface area (Å²) in [6, 6.07) is 6.60. The van der Waals surface area contributed by atoms with Gasteiger partial charge >= 0.3 is 0 Å². The van der Waals surface area contributed by atoms with Crippen LogP contribution in [-0.2, 0) is 6.54 Å². The smallest absolute Gasteiger partial charge is 0.261 e. The Kier molecular flexibility index (Phi) is 5.04. The Bertz CT molecular complexity index is 716. The van der Waals surface area contributed by atoms with E-state index in [1.54, 1.807) is 12.1 Å². The summed E-state index contributed by atoms with van der Waals surface area (Å²) in [6.45, 7) is 0.246. The van der Waals surface area contributed by atoms with Crippen molar-refractivity contribution in [2.45, 2.75) is 6.54 Å². The molecule has 1 aromatic carbocycles. The van der Waals surface area contributed by atoms with Crippen molar-refractivity contribution in [3.05, 3.63) is 57.3 Å². The van der Waals surface area contributed by atoms with Crippen LogP contribution in [0.2, 0.25) is 0 Å². The Morgan fingerprint density at radius 3 is 2.81 bits per heavy atom. The second-order valence-electron chi connectivity index (χ2n) is 4.09. The molecule has 2 rings (SSSR count). The molecule has 0 atom stereocenters. The number of benzene rings is 1. The van der Waals surface area contributed by atoms with Crippen LogP contribution in [0.15, 0.2) is 30.3 Å². The number of halogens is 2. The highest BCUT2D eigenvalue weighted by molar-refractivity contribution is 7.14. The van der Waals surface area contributed by atoms with Gasteiger partial charge in [-0.05, 0) is 18.2 Å². The Labute approximate surface area is 124 Å². The molecule has 108 valence electrons. The molecule has 0 spiro atoms. The number of carbonyl (C=O) groups excluding carboxylic acids is 1. The van der Waals surface area contributed by atoms with Gasteiger partial charge in [-0.3, -0.25) is 4.79 Å². The zero-order chi connectivity index (χ0) is 15.2. The Hall–Kier alpha value is -2.23. The molecule has 0 fully saturated rings. The van der Waals surface area contributed by atoms with Crippen LogP contribution in [0.5, 0.6) is 0 Å². The quantitative estimate of drug-likeness (QED) is 0.855. The van der Waals surface area contributed by atoms with Gasteiger partial charge < -0.3 is 11.1 Å². The lowest BCUT2D eigenvalue weighted by Crippen LogP contribution is -2.22. The average molecular weight is 306 g/mol. The maximum atomic E-state index is 13.4. The van der Waals surface area contributed by atoms with Crippen molar-refractivity contribution < 1.29 is 13.6 Å². The number of rotatable bonds is 3. The molecule has 3 N–H and O–H groups in total. The third kappa shape index (κ3) is 4.12. The molecule has 0 aliphatic carbocycles. The summed E-state index contributed by atoms with van der Waals surface area (Å²) in [6.07, 6.45) is 0. The third-order valence-corrected chi connectivity index (χ3v) is 3.60. The zero-order valence-corrected chi connectivity index (χ0v) is 11.8. The third-order valence-electron chi connectivity index (χ3n) is 2.60. The SMILES string of the molecule is NCC#Cc1ccc(C(=O)NCc2ccc(F)cc2F)s1. The van der Waals surface area contributed by atoms with Crippen LogP contribution >= 0.6 is 11.3 Å². The fourth-order valence-corrected chi connectivity index (χ4v) is 2.39. The molecule has 0 bridgehead atoms. The molecule has 0 saturated heterocycles. The zero-order valence-electron chi connectivity index (χ0n) is 11.0. The number of nitrogens with two attached hydrogens (primary N) is 1. The van der Waals surface area contributed by atoms with Gasteiger partial charge in [-0.25, -0.2) is 8.78 Å². The molecule has 21 heavy (non-hydrogen) atoms. The monoisotopic (exact) mass is 306 g/mol. The summed E-state index contributed by atoms with van der Waals surface area (Å²) in [7, 11) is 0. The predicted molar refractivity (Wildman–Crippen MR) is 77.8 cm³/mol. The van der Waals surface area contributed by atoms with Crippen LogP contribution in [0.4, 0.5) is 8.78 Å². The van der Waals surface area contributed by atoms with E-state index in [4.69, 9.17) is 5.73 Å². The number of thiophene rings is 1. The summed E-state index contributed by atoms with van der Waals surface area (Å²) in [5, 5.41) is 2.58. The van der Waals surface area contributed by atoms with E-state index in [0.29, 0.717) is 4.88 Å². The van der Waals surface area contributed by atoms with Gasteiger partial charge in [0.25, 0.3) is 5.91 Å². The van der Waals surface area contributed by atoms with Crippen LogP contribution in [0.3, 0.4) is 0 Å². The van der Waals surface area contributed by atoms with E-state index in [-0.39, 0.29) is 24.6 Å². The van der Waals surface area contributed by atoms with E-state index < -0.39 is 11.6 Å². The summed E-state index contributed by atoms with van der Waals surface area (Å²) in [5.74, 6) is 3.87. The molecular formula is C15H12F2N2OS. The van der Waals surface area contributed by atoms with Crippen molar-refractivity contribution in [1.82, 2.24) is 5.32 Å². The molecule has 3 nitrogen and oxygen atoms in total. The van der Waals surface area contributed by atoms with Crippen molar-refractivity contribution in [3.63, 3.8) is 0 Å². The lowest BCUT2D eigenvalue weighted by Gasteiger charge is -2.05. The first-order valence-electron chi connectivity index (χ1n) is 6.11. The number of carbonyl (C=O) groups is 1. The van der Waals surface area contributed by atoms with Crippen molar-refractivity contribution >= 4 is 17.2 Å². The van der Waals surface area contributed by atoms with E-state index in [9.17, 15) is 13.6 Å². The minimum Gasteiger partial charge on any atom is -0.347 e. The maximum absolute atomic E-state index is 13.4. The van der Waals surface area contributed by atoms with Gasteiger partial charge in [-0.15, -0.1) is 11.3 Å². The lowest BCUT2D eigenvalue weighted by molar-refractivity contribution is 0.0954. The minimum absolute atomic E-state index is 0.00728. The molecule has 0 radical (unpaired) electrons. The highest BCUT2D eigenvalue weighted by atomic mass is 32.1. The summed E-state index contributed by atoms with van der Waals surface area (Å²) in [4.78, 5) is 13.1. The number of hydrogen-bond acceptors (Lipinski definition) is 3. The van der Waals surface area contributed by atoms with Crippen LogP contribution in [0, 0.1) is 23.5 Å². The molecule has 0 unspecified atom stereocenters. The lowest BCUT2D eigenvalue weighted by atomic mass is 10.2. The van der Waals surface area contributed by atoms with Crippen molar-refractivity contribution in [1.29, 1.82) is 0 Å². The van der Waals surface area contributed by atoms with Crippen molar-refractivity contribution in [3.8, 4) is 11.8 Å². The molecule has 1 amide bonds. The van der Waals surface area contributed by atoms with E-state index in [1.165, 1.54) is 17.4 Å². The molecule has 0 aliphatic heterocycles. The molecule has 1 heterocycles. The van der Waals surface area contributed by atoms with E-state index >= 15 is 0 Å². The Morgan fingerprint density at radius 1 is 1.29 bits per heavy atom. The second-order valence-corrected chi connectivity index (χ2v) is 5.17. The minimum atomic E-state index is -0.684. The first-order valence-corrected chi connectivity index (χ1v) is 6.92. The second kappa shape index (κ2) is 6.97. The largest absolute Gasteiger partial charge is 0.347 e. The summed E-state index contributed by atoms with van der Waals surface area (Å²) in [5.41, 5.74) is 5.50. The van der Waals surface area contributed by atoms with E-state index in [2.05, 4.69) is 17.2 Å². The molecule has 6 heteroatoms. The van der Waals surface area contributed by atoms with Crippen LogP contribution in [0.25, 0.3) is 0 Å². The van der Waals surface area contributed by atoms with Gasteiger partial charge in [0.05, 0.1) is 16.3 Å².